The van der Waals surface area contributed by atoms with Gasteiger partial charge in [-0.2, -0.15) is 0 Å². The number of ether oxygens (including phenoxy) is 2. The zero-order valence-electron chi connectivity index (χ0n) is 26.8. The fraction of sp³-hybridized carbons (Fsp3) is 0.833. The van der Waals surface area contributed by atoms with Crippen LogP contribution in [0.2, 0.25) is 0 Å². The third-order valence-electron chi connectivity index (χ3n) is 7.56. The van der Waals surface area contributed by atoms with E-state index in [1.54, 1.807) is 41.5 Å². The monoisotopic (exact) mass is 614 g/mol. The van der Waals surface area contributed by atoms with Gasteiger partial charge in [0.25, 0.3) is 0 Å². The molecule has 13 heteroatoms. The van der Waals surface area contributed by atoms with Crippen molar-refractivity contribution < 1.29 is 43.7 Å². The summed E-state index contributed by atoms with van der Waals surface area (Å²) in [6.07, 6.45) is 4.02. The molecule has 2 aliphatic rings. The van der Waals surface area contributed by atoms with Crippen LogP contribution in [0, 0.1) is 10.8 Å². The molecule has 0 aromatic rings. The molecule has 0 aromatic heterocycles. The Kier molecular flexibility index (Phi) is 14.9. The molecule has 0 bridgehead atoms. The lowest BCUT2D eigenvalue weighted by Gasteiger charge is -2.39. The Morgan fingerprint density at radius 1 is 0.791 bits per heavy atom. The van der Waals surface area contributed by atoms with E-state index >= 15 is 0 Å². The number of hydrogen-bond acceptors (Lipinski definition) is 9. The summed E-state index contributed by atoms with van der Waals surface area (Å²) in [7, 11) is 0. The van der Waals surface area contributed by atoms with Gasteiger partial charge in [-0.1, -0.05) is 0 Å². The minimum Gasteiger partial charge on any atom is -0.481 e. The highest BCUT2D eigenvalue weighted by Gasteiger charge is 2.39. The van der Waals surface area contributed by atoms with Gasteiger partial charge < -0.3 is 41.4 Å². The summed E-state index contributed by atoms with van der Waals surface area (Å²) in [4.78, 5) is 57.0. The maximum absolute atomic E-state index is 11.8. The number of carboxylic acids is 2. The minimum atomic E-state index is -0.912. The molecule has 0 spiro atoms. The second kappa shape index (κ2) is 16.8. The van der Waals surface area contributed by atoms with E-state index in [9.17, 15) is 29.1 Å². The van der Waals surface area contributed by atoms with Crippen LogP contribution in [0.1, 0.15) is 106 Å². The first-order valence-electron chi connectivity index (χ1n) is 15.1. The van der Waals surface area contributed by atoms with Crippen LogP contribution >= 0.6 is 0 Å². The average molecular weight is 615 g/mol. The Labute approximate surface area is 255 Å². The van der Waals surface area contributed by atoms with Gasteiger partial charge in [0.05, 0.1) is 12.8 Å². The highest BCUT2D eigenvalue weighted by molar-refractivity contribution is 5.80. The Morgan fingerprint density at radius 3 is 1.53 bits per heavy atom. The van der Waals surface area contributed by atoms with Crippen LogP contribution in [0.5, 0.6) is 0 Å². The Bertz CT molecular complexity index is 938. The lowest BCUT2D eigenvalue weighted by Crippen LogP contribution is -2.46. The first kappa shape index (κ1) is 38.1. The van der Waals surface area contributed by atoms with E-state index in [2.05, 4.69) is 16.0 Å². The van der Waals surface area contributed by atoms with Crippen LogP contribution in [0.15, 0.2) is 0 Å². The smallest absolute Gasteiger partial charge is 0.407 e. The molecule has 2 amide bonds. The number of ketones is 1. The number of amides is 2. The van der Waals surface area contributed by atoms with Gasteiger partial charge in [-0.05, 0) is 90.9 Å². The van der Waals surface area contributed by atoms with Crippen molar-refractivity contribution >= 4 is 29.9 Å². The summed E-state index contributed by atoms with van der Waals surface area (Å²) in [6, 6.07) is 0.377. The van der Waals surface area contributed by atoms with E-state index in [1.807, 2.05) is 0 Å². The molecule has 0 heterocycles. The third kappa shape index (κ3) is 16.5. The van der Waals surface area contributed by atoms with Gasteiger partial charge in [-0.15, -0.1) is 0 Å². The van der Waals surface area contributed by atoms with E-state index in [0.717, 1.165) is 32.2 Å². The maximum atomic E-state index is 11.8. The molecule has 43 heavy (non-hydrogen) atoms. The predicted octanol–water partition coefficient (Wildman–Crippen LogP) is 3.58. The molecule has 0 aromatic carbocycles. The van der Waals surface area contributed by atoms with Crippen molar-refractivity contribution in [3.8, 4) is 0 Å². The molecule has 248 valence electrons. The van der Waals surface area contributed by atoms with E-state index in [4.69, 9.17) is 20.3 Å². The lowest BCUT2D eigenvalue weighted by molar-refractivity contribution is -0.142. The van der Waals surface area contributed by atoms with Crippen molar-refractivity contribution in [1.82, 2.24) is 16.0 Å². The average Bonchev–Trinajstić information content (AvgIpc) is 2.86. The molecule has 0 saturated heterocycles. The highest BCUT2D eigenvalue weighted by Crippen LogP contribution is 2.39. The normalized spacial score (nSPS) is 21.9. The molecule has 0 atom stereocenters. The first-order valence-corrected chi connectivity index (χ1v) is 15.1. The van der Waals surface area contributed by atoms with Crippen LogP contribution in [0.25, 0.3) is 0 Å². The fourth-order valence-corrected chi connectivity index (χ4v) is 5.40. The molecule has 2 rings (SSSR count). The van der Waals surface area contributed by atoms with Crippen LogP contribution in [0.4, 0.5) is 9.59 Å². The Balaban J connectivity index is 0.000000434. The summed E-state index contributed by atoms with van der Waals surface area (Å²) in [5.74, 6) is -1.59. The number of rotatable bonds is 11. The van der Waals surface area contributed by atoms with E-state index < -0.39 is 46.2 Å². The molecule has 0 radical (unpaired) electrons. The summed E-state index contributed by atoms with van der Waals surface area (Å²) < 4.78 is 10.4. The zero-order chi connectivity index (χ0) is 32.9. The quantitative estimate of drug-likeness (QED) is 0.198. The van der Waals surface area contributed by atoms with Gasteiger partial charge in [0.15, 0.2) is 0 Å². The summed E-state index contributed by atoms with van der Waals surface area (Å²) in [5.41, 5.74) is 3.40. The minimum absolute atomic E-state index is 0.0456. The van der Waals surface area contributed by atoms with Crippen LogP contribution in [-0.2, 0) is 23.9 Å². The van der Waals surface area contributed by atoms with Crippen molar-refractivity contribution in [2.24, 2.45) is 16.6 Å². The lowest BCUT2D eigenvalue weighted by atomic mass is 9.70. The van der Waals surface area contributed by atoms with Gasteiger partial charge in [0.1, 0.15) is 17.0 Å². The second-order valence-corrected chi connectivity index (χ2v) is 13.9. The van der Waals surface area contributed by atoms with Crippen LogP contribution in [0.3, 0.4) is 0 Å². The number of carbonyl (C=O) groups excluding carboxylic acids is 3. The van der Waals surface area contributed by atoms with Crippen LogP contribution in [-0.4, -0.2) is 83.5 Å². The third-order valence-corrected chi connectivity index (χ3v) is 7.56. The Morgan fingerprint density at radius 2 is 1.19 bits per heavy atom. The molecule has 13 nitrogen and oxygen atoms in total. The zero-order valence-corrected chi connectivity index (χ0v) is 26.8. The molecular weight excluding hydrogens is 560 g/mol. The first-order chi connectivity index (χ1) is 19.8. The largest absolute Gasteiger partial charge is 0.481 e. The fourth-order valence-electron chi connectivity index (χ4n) is 5.40. The van der Waals surface area contributed by atoms with E-state index in [-0.39, 0.29) is 25.2 Å². The van der Waals surface area contributed by atoms with Crippen molar-refractivity contribution in [3.05, 3.63) is 0 Å². The number of carbonyl (C=O) groups is 5. The topological polar surface area (TPSA) is 206 Å². The summed E-state index contributed by atoms with van der Waals surface area (Å²) in [6.45, 7) is 12.6. The number of nitrogens with one attached hydrogen (secondary N) is 3. The van der Waals surface area contributed by atoms with Crippen molar-refractivity contribution in [2.45, 2.75) is 123 Å². The second-order valence-electron chi connectivity index (χ2n) is 13.9. The number of alkyl carbamates (subject to hydrolysis) is 2. The predicted molar refractivity (Wildman–Crippen MR) is 161 cm³/mol. The van der Waals surface area contributed by atoms with Gasteiger partial charge in [0, 0.05) is 45.1 Å². The van der Waals surface area contributed by atoms with Crippen LogP contribution < -0.4 is 21.7 Å². The number of carboxylic acid groups (broad SMARTS) is 2. The van der Waals surface area contributed by atoms with Crippen molar-refractivity contribution in [3.63, 3.8) is 0 Å². The standard InChI is InChI=1S/C16H31N3O4.C14H23NO5/c1-15(2,3)23-14(22)19-11-16(10-13(20)21)6-4-12(5-7-16)18-9-8-17;1-13(2,3)20-12(19)15-9-14(8-11(17)18)6-4-10(16)5-7-14/h12,18H,4-11,17H2,1-3H3,(H,19,22)(H,20,21);4-9H2,1-3H3,(H,15,19)(H,17,18). The molecular formula is C30H54N4O9. The number of hydrogen-bond donors (Lipinski definition) is 6. The van der Waals surface area contributed by atoms with Gasteiger partial charge in [0.2, 0.25) is 0 Å². The highest BCUT2D eigenvalue weighted by atomic mass is 16.6. The van der Waals surface area contributed by atoms with E-state index in [0.29, 0.717) is 44.8 Å². The molecule has 2 saturated carbocycles. The molecule has 0 unspecified atom stereocenters. The Hall–Kier alpha value is -2.93. The SMILES string of the molecule is CC(C)(C)OC(=O)NCC1(CC(=O)O)CCC(=O)CC1.CC(C)(C)OC(=O)NCC1(CC(=O)O)CCC(NCCN)CC1. The molecule has 0 aliphatic heterocycles. The number of nitrogens with two attached hydrogens (primary N) is 1. The van der Waals surface area contributed by atoms with Crippen molar-refractivity contribution in [1.29, 1.82) is 0 Å². The van der Waals surface area contributed by atoms with Gasteiger partial charge in [-0.25, -0.2) is 9.59 Å². The summed E-state index contributed by atoms with van der Waals surface area (Å²) >= 11 is 0. The summed E-state index contributed by atoms with van der Waals surface area (Å²) in [5, 5.41) is 27.0. The van der Waals surface area contributed by atoms with Gasteiger partial charge in [-0.3, -0.25) is 14.4 Å². The van der Waals surface area contributed by atoms with Gasteiger partial charge >= 0.3 is 24.1 Å². The van der Waals surface area contributed by atoms with E-state index in [1.165, 1.54) is 0 Å². The molecule has 2 fully saturated rings. The molecule has 2 aliphatic carbocycles. The van der Waals surface area contributed by atoms with Crippen molar-refractivity contribution in [2.75, 3.05) is 26.2 Å². The number of aliphatic carboxylic acids is 2. The maximum Gasteiger partial charge on any atom is 0.407 e. The molecule has 7 N–H and O–H groups in total. The number of Topliss-reactive ketones (excluding diaryl/α,β-unsaturated/α-hetero) is 1.